The number of hydrogen-bond acceptors (Lipinski definition) is 4. The molecule has 0 saturated carbocycles. The van der Waals surface area contributed by atoms with E-state index in [9.17, 15) is 9.59 Å². The number of carbonyl (C=O) groups is 2. The van der Waals surface area contributed by atoms with Crippen LogP contribution in [0.15, 0.2) is 18.2 Å². The number of hydrogen-bond donors (Lipinski definition) is 1. The van der Waals surface area contributed by atoms with Crippen molar-refractivity contribution in [3.63, 3.8) is 0 Å². The average molecular weight is 373 g/mol. The van der Waals surface area contributed by atoms with Crippen molar-refractivity contribution in [1.82, 2.24) is 4.90 Å². The highest BCUT2D eigenvalue weighted by molar-refractivity contribution is 6.36. The second-order valence-electron chi connectivity index (χ2n) is 5.88. The third-order valence-electron chi connectivity index (χ3n) is 4.19. The fourth-order valence-electron chi connectivity index (χ4n) is 2.80. The third-order valence-corrected chi connectivity index (χ3v) is 4.74. The molecule has 1 aromatic carbocycles. The molecule has 5 nitrogen and oxygen atoms in total. The summed E-state index contributed by atoms with van der Waals surface area (Å²) in [5.41, 5.74) is 0.525. The van der Waals surface area contributed by atoms with Crippen molar-refractivity contribution in [1.29, 1.82) is 0 Å². The monoisotopic (exact) mass is 372 g/mol. The number of piperidine rings is 1. The highest BCUT2D eigenvalue weighted by Crippen LogP contribution is 2.26. The van der Waals surface area contributed by atoms with E-state index in [4.69, 9.17) is 27.9 Å². The van der Waals surface area contributed by atoms with Crippen LogP contribution in [-0.4, -0.2) is 42.5 Å². The van der Waals surface area contributed by atoms with Crippen molar-refractivity contribution >= 4 is 40.8 Å². The molecule has 2 rings (SSSR count). The fourth-order valence-corrected chi connectivity index (χ4v) is 3.26. The topological polar surface area (TPSA) is 58.6 Å². The molecule has 1 N–H and O–H groups in total. The highest BCUT2D eigenvalue weighted by atomic mass is 35.5. The number of rotatable bonds is 5. The lowest BCUT2D eigenvalue weighted by Gasteiger charge is -2.35. The number of ether oxygens (including phenoxy) is 1. The lowest BCUT2D eigenvalue weighted by molar-refractivity contribution is -0.150. The van der Waals surface area contributed by atoms with Gasteiger partial charge in [-0.25, -0.2) is 0 Å². The molecular formula is C17H22Cl2N2O3. The van der Waals surface area contributed by atoms with Gasteiger partial charge in [0.05, 0.1) is 29.3 Å². The number of anilines is 1. The van der Waals surface area contributed by atoms with Crippen LogP contribution in [0, 0.1) is 5.92 Å². The zero-order valence-corrected chi connectivity index (χ0v) is 15.4. The molecule has 1 aromatic rings. The third kappa shape index (κ3) is 4.85. The van der Waals surface area contributed by atoms with E-state index in [-0.39, 0.29) is 23.8 Å². The molecule has 1 aliphatic heterocycles. The number of nitrogens with one attached hydrogen (secondary N) is 1. The van der Waals surface area contributed by atoms with E-state index in [1.807, 2.05) is 11.8 Å². The number of likely N-dealkylation sites (tertiary alicyclic amines) is 1. The van der Waals surface area contributed by atoms with Crippen LogP contribution < -0.4 is 5.32 Å². The summed E-state index contributed by atoms with van der Waals surface area (Å²) in [4.78, 5) is 26.4. The zero-order chi connectivity index (χ0) is 17.7. The number of halogens is 2. The minimum Gasteiger partial charge on any atom is -0.466 e. The van der Waals surface area contributed by atoms with Crippen LogP contribution in [0.5, 0.6) is 0 Å². The Morgan fingerprint density at radius 2 is 2.17 bits per heavy atom. The number of amides is 1. The van der Waals surface area contributed by atoms with Crippen LogP contribution in [0.3, 0.4) is 0 Å². The Bertz CT molecular complexity index is 609. The van der Waals surface area contributed by atoms with Gasteiger partial charge in [-0.1, -0.05) is 23.2 Å². The molecule has 24 heavy (non-hydrogen) atoms. The van der Waals surface area contributed by atoms with Crippen molar-refractivity contribution in [3.05, 3.63) is 28.2 Å². The first-order valence-corrected chi connectivity index (χ1v) is 8.84. The second-order valence-corrected chi connectivity index (χ2v) is 6.72. The summed E-state index contributed by atoms with van der Waals surface area (Å²) in [7, 11) is 0. The van der Waals surface area contributed by atoms with Crippen LogP contribution in [-0.2, 0) is 14.3 Å². The van der Waals surface area contributed by atoms with Crippen LogP contribution in [0.25, 0.3) is 0 Å². The zero-order valence-electron chi connectivity index (χ0n) is 13.9. The molecule has 2 atom stereocenters. The predicted octanol–water partition coefficient (Wildman–Crippen LogP) is 3.60. The molecular weight excluding hydrogens is 351 g/mol. The van der Waals surface area contributed by atoms with Crippen molar-refractivity contribution in [3.8, 4) is 0 Å². The molecule has 0 aliphatic carbocycles. The molecule has 132 valence electrons. The highest BCUT2D eigenvalue weighted by Gasteiger charge is 2.31. The maximum Gasteiger partial charge on any atom is 0.310 e. The van der Waals surface area contributed by atoms with Crippen LogP contribution in [0.1, 0.15) is 26.7 Å². The van der Waals surface area contributed by atoms with Crippen molar-refractivity contribution in [2.45, 2.75) is 32.7 Å². The van der Waals surface area contributed by atoms with E-state index in [1.165, 1.54) is 0 Å². The molecule has 0 unspecified atom stereocenters. The molecule has 0 spiro atoms. The molecule has 1 amide bonds. The predicted molar refractivity (Wildman–Crippen MR) is 95.5 cm³/mol. The van der Waals surface area contributed by atoms with E-state index < -0.39 is 0 Å². The molecule has 0 bridgehead atoms. The van der Waals surface area contributed by atoms with Gasteiger partial charge in [0.25, 0.3) is 0 Å². The summed E-state index contributed by atoms with van der Waals surface area (Å²) in [6, 6.07) is 4.56. The van der Waals surface area contributed by atoms with E-state index in [2.05, 4.69) is 5.32 Å². The Kier molecular flexibility index (Phi) is 6.90. The van der Waals surface area contributed by atoms with Crippen molar-refractivity contribution in [2.75, 3.05) is 25.0 Å². The molecule has 0 radical (unpaired) electrons. The summed E-state index contributed by atoms with van der Waals surface area (Å²) in [5, 5.41) is 3.72. The summed E-state index contributed by atoms with van der Waals surface area (Å²) in [6.07, 6.45) is 1.66. The van der Waals surface area contributed by atoms with Gasteiger partial charge in [-0.15, -0.1) is 0 Å². The van der Waals surface area contributed by atoms with E-state index >= 15 is 0 Å². The smallest absolute Gasteiger partial charge is 0.310 e. The van der Waals surface area contributed by atoms with Gasteiger partial charge in [-0.3, -0.25) is 14.5 Å². The van der Waals surface area contributed by atoms with Gasteiger partial charge in [0.2, 0.25) is 5.91 Å². The van der Waals surface area contributed by atoms with Gasteiger partial charge in [-0.2, -0.15) is 0 Å². The Hall–Kier alpha value is -1.30. The van der Waals surface area contributed by atoms with Crippen LogP contribution >= 0.6 is 23.2 Å². The quantitative estimate of drug-likeness (QED) is 0.802. The van der Waals surface area contributed by atoms with Gasteiger partial charge in [0.1, 0.15) is 0 Å². The summed E-state index contributed by atoms with van der Waals surface area (Å²) in [6.45, 7) is 5.30. The van der Waals surface area contributed by atoms with E-state index in [0.29, 0.717) is 28.9 Å². The van der Waals surface area contributed by atoms with Crippen LogP contribution in [0.2, 0.25) is 10.0 Å². The summed E-state index contributed by atoms with van der Waals surface area (Å²) >= 11 is 11.9. The molecule has 1 aliphatic rings. The number of carbonyl (C=O) groups excluding carboxylic acids is 2. The maximum atomic E-state index is 12.5. The summed E-state index contributed by atoms with van der Waals surface area (Å²) in [5.74, 6) is -0.521. The second kappa shape index (κ2) is 8.70. The molecule has 1 fully saturated rings. The minimum atomic E-state index is -0.367. The Morgan fingerprint density at radius 1 is 1.42 bits per heavy atom. The largest absolute Gasteiger partial charge is 0.466 e. The fraction of sp³-hybridized carbons (Fsp3) is 0.529. The minimum absolute atomic E-state index is 0.163. The molecule has 7 heteroatoms. The maximum absolute atomic E-state index is 12.5. The van der Waals surface area contributed by atoms with E-state index in [0.717, 1.165) is 19.4 Å². The summed E-state index contributed by atoms with van der Waals surface area (Å²) < 4.78 is 5.10. The SMILES string of the molecule is CCOC(=O)[C@H]1CCCN([C@@H](C)C(=O)Nc2ccc(Cl)cc2Cl)C1. The molecule has 1 heterocycles. The first-order chi connectivity index (χ1) is 11.4. The number of esters is 1. The van der Waals surface area contributed by atoms with Gasteiger partial charge in [-0.05, 0) is 51.4 Å². The number of benzene rings is 1. The molecule has 1 saturated heterocycles. The van der Waals surface area contributed by atoms with Gasteiger partial charge < -0.3 is 10.1 Å². The van der Waals surface area contributed by atoms with Gasteiger partial charge in [0.15, 0.2) is 0 Å². The molecule has 0 aromatic heterocycles. The Balaban J connectivity index is 1.98. The first kappa shape index (κ1) is 19.0. The lowest BCUT2D eigenvalue weighted by Crippen LogP contribution is -2.48. The van der Waals surface area contributed by atoms with Gasteiger partial charge in [0, 0.05) is 11.6 Å². The normalized spacial score (nSPS) is 19.6. The lowest BCUT2D eigenvalue weighted by atomic mass is 9.97. The number of nitrogens with zero attached hydrogens (tertiary/aromatic N) is 1. The van der Waals surface area contributed by atoms with Crippen molar-refractivity contribution < 1.29 is 14.3 Å². The van der Waals surface area contributed by atoms with Gasteiger partial charge >= 0.3 is 5.97 Å². The van der Waals surface area contributed by atoms with Crippen molar-refractivity contribution in [2.24, 2.45) is 5.92 Å². The Morgan fingerprint density at radius 3 is 2.83 bits per heavy atom. The van der Waals surface area contributed by atoms with Crippen LogP contribution in [0.4, 0.5) is 5.69 Å². The first-order valence-electron chi connectivity index (χ1n) is 8.09. The average Bonchev–Trinajstić information content (AvgIpc) is 2.57. The Labute approximate surface area is 152 Å². The van der Waals surface area contributed by atoms with E-state index in [1.54, 1.807) is 25.1 Å². The standard InChI is InChI=1S/C17H22Cl2N2O3/c1-3-24-17(23)12-5-4-8-21(10-12)11(2)16(22)20-15-7-6-13(18)9-14(15)19/h6-7,9,11-12H,3-5,8,10H2,1-2H3,(H,20,22)/t11-,12-/m0/s1.